The number of anilines is 1. The Morgan fingerprint density at radius 3 is 2.19 bits per heavy atom. The van der Waals surface area contributed by atoms with E-state index < -0.39 is 71.4 Å². The SMILES string of the molecule is CC/C(=C\c1ccc(CO)o1)CC[C@@H](O)C1=C(C)C[C@H]2C(=O)N(c3cc(C(F)(F)F)cc(C(F)(F)F)c3)C(=O)[C@H]2[C@H]1CO. The monoisotopic (exact) mass is 615 g/mol. The molecule has 0 bridgehead atoms. The molecule has 4 rings (SSSR count). The molecular formula is C30H31F6NO6. The Morgan fingerprint density at radius 2 is 1.67 bits per heavy atom. The van der Waals surface area contributed by atoms with Crippen molar-refractivity contribution in [3.8, 4) is 0 Å². The number of nitrogens with zero attached hydrogens (tertiary/aromatic N) is 1. The quantitative estimate of drug-likeness (QED) is 0.185. The van der Waals surface area contributed by atoms with E-state index in [1.807, 2.05) is 6.92 Å². The number of benzene rings is 1. The lowest BCUT2D eigenvalue weighted by atomic mass is 9.68. The van der Waals surface area contributed by atoms with Crippen LogP contribution in [0.1, 0.15) is 62.2 Å². The highest BCUT2D eigenvalue weighted by Crippen LogP contribution is 2.48. The summed E-state index contributed by atoms with van der Waals surface area (Å²) in [6.45, 7) is 2.57. The number of hydrogen-bond acceptors (Lipinski definition) is 6. The van der Waals surface area contributed by atoms with Crippen LogP contribution in [0.15, 0.2) is 51.5 Å². The first-order valence-electron chi connectivity index (χ1n) is 13.6. The summed E-state index contributed by atoms with van der Waals surface area (Å²) in [5, 5.41) is 30.7. The summed E-state index contributed by atoms with van der Waals surface area (Å²) in [7, 11) is 0. The van der Waals surface area contributed by atoms with E-state index >= 15 is 0 Å². The van der Waals surface area contributed by atoms with Gasteiger partial charge in [0.15, 0.2) is 0 Å². The van der Waals surface area contributed by atoms with Crippen molar-refractivity contribution >= 4 is 23.6 Å². The summed E-state index contributed by atoms with van der Waals surface area (Å²) < 4.78 is 86.3. The summed E-state index contributed by atoms with van der Waals surface area (Å²) in [6.07, 6.45) is -8.64. The molecule has 2 aromatic rings. The molecular weight excluding hydrogens is 584 g/mol. The molecule has 2 aliphatic rings. The molecule has 3 N–H and O–H groups in total. The Hall–Kier alpha value is -3.42. The fourth-order valence-electron chi connectivity index (χ4n) is 6.03. The van der Waals surface area contributed by atoms with Crippen molar-refractivity contribution in [3.05, 3.63) is 69.7 Å². The van der Waals surface area contributed by atoms with Crippen LogP contribution in [-0.4, -0.2) is 39.8 Å². The van der Waals surface area contributed by atoms with Gasteiger partial charge in [-0.1, -0.05) is 18.1 Å². The average Bonchev–Trinajstić information content (AvgIpc) is 3.50. The predicted octanol–water partition coefficient (Wildman–Crippen LogP) is 5.88. The molecule has 1 fully saturated rings. The van der Waals surface area contributed by atoms with Gasteiger partial charge in [-0.2, -0.15) is 26.3 Å². The van der Waals surface area contributed by atoms with E-state index in [1.54, 1.807) is 25.1 Å². The van der Waals surface area contributed by atoms with Crippen LogP contribution < -0.4 is 4.90 Å². The average molecular weight is 616 g/mol. The van der Waals surface area contributed by atoms with Crippen LogP contribution in [0.2, 0.25) is 0 Å². The van der Waals surface area contributed by atoms with Gasteiger partial charge in [-0.05, 0) is 74.6 Å². The fourth-order valence-corrected chi connectivity index (χ4v) is 6.03. The Kier molecular flexibility index (Phi) is 9.29. The van der Waals surface area contributed by atoms with Crippen LogP contribution in [0.3, 0.4) is 0 Å². The van der Waals surface area contributed by atoms with Gasteiger partial charge < -0.3 is 19.7 Å². The van der Waals surface area contributed by atoms with Gasteiger partial charge in [-0.15, -0.1) is 0 Å². The zero-order valence-electron chi connectivity index (χ0n) is 23.3. The van der Waals surface area contributed by atoms with Crippen LogP contribution in [0, 0.1) is 17.8 Å². The van der Waals surface area contributed by atoms with Crippen LogP contribution >= 0.6 is 0 Å². The van der Waals surface area contributed by atoms with Gasteiger partial charge in [-0.3, -0.25) is 9.59 Å². The maximum atomic E-state index is 13.5. The Bertz CT molecular complexity index is 1410. The minimum atomic E-state index is -5.18. The highest BCUT2D eigenvalue weighted by atomic mass is 19.4. The standard InChI is InChI=1S/C30H31F6NO6/c1-3-16(9-20-5-6-21(13-38)43-20)4-7-24(40)25-15(2)8-22-26(23(25)14-39)28(42)37(27(22)41)19-11-17(29(31,32)33)10-18(12-19)30(34,35)36/h5-6,9-12,22-24,26,38-40H,3-4,7-8,13-14H2,1-2H3/b16-9+/t22-,23+,24-,26-/m1/s1. The number of hydrogen-bond donors (Lipinski definition) is 3. The van der Waals surface area contributed by atoms with Crippen LogP contribution in [-0.2, 0) is 28.5 Å². The van der Waals surface area contributed by atoms with Crippen LogP contribution in [0.25, 0.3) is 6.08 Å². The highest BCUT2D eigenvalue weighted by Gasteiger charge is 2.55. The first-order valence-corrected chi connectivity index (χ1v) is 13.6. The molecule has 1 aromatic carbocycles. The normalized spacial score (nSPS) is 22.4. The number of carbonyl (C=O) groups excluding carboxylic acids is 2. The van der Waals surface area contributed by atoms with Gasteiger partial charge in [0.25, 0.3) is 0 Å². The predicted molar refractivity (Wildman–Crippen MR) is 142 cm³/mol. The van der Waals surface area contributed by atoms with E-state index in [1.165, 1.54) is 0 Å². The second kappa shape index (κ2) is 12.3. The molecule has 0 radical (unpaired) electrons. The van der Waals surface area contributed by atoms with Crippen molar-refractivity contribution in [1.82, 2.24) is 0 Å². The first kappa shape index (κ1) is 32.5. The number of alkyl halides is 6. The van der Waals surface area contributed by atoms with E-state index in [0.717, 1.165) is 5.57 Å². The summed E-state index contributed by atoms with van der Waals surface area (Å²) in [4.78, 5) is 27.2. The smallest absolute Gasteiger partial charge is 0.416 e. The number of rotatable bonds is 9. The number of imide groups is 1. The van der Waals surface area contributed by atoms with Gasteiger partial charge >= 0.3 is 12.4 Å². The molecule has 2 amide bonds. The maximum Gasteiger partial charge on any atom is 0.416 e. The second-order valence-electron chi connectivity index (χ2n) is 10.8. The summed E-state index contributed by atoms with van der Waals surface area (Å²) in [5.74, 6) is -4.59. The topological polar surface area (TPSA) is 111 Å². The lowest BCUT2D eigenvalue weighted by Gasteiger charge is -2.35. The third-order valence-corrected chi connectivity index (χ3v) is 8.09. The molecule has 234 valence electrons. The number of carbonyl (C=O) groups is 2. The molecule has 0 spiro atoms. The molecule has 7 nitrogen and oxygen atoms in total. The maximum absolute atomic E-state index is 13.5. The molecule has 0 saturated carbocycles. The van der Waals surface area contributed by atoms with Gasteiger partial charge in [0.1, 0.15) is 18.1 Å². The van der Waals surface area contributed by atoms with Crippen molar-refractivity contribution < 1.29 is 55.7 Å². The zero-order valence-corrected chi connectivity index (χ0v) is 23.3. The third kappa shape index (κ3) is 6.58. The van der Waals surface area contributed by atoms with E-state index in [2.05, 4.69) is 0 Å². The first-order chi connectivity index (χ1) is 20.1. The summed E-state index contributed by atoms with van der Waals surface area (Å²) in [6, 6.07) is 3.87. The molecule has 2 heterocycles. The van der Waals surface area contributed by atoms with Gasteiger partial charge in [0.2, 0.25) is 11.8 Å². The van der Waals surface area contributed by atoms with E-state index in [4.69, 9.17) is 4.42 Å². The lowest BCUT2D eigenvalue weighted by molar-refractivity contribution is -0.143. The number of allylic oxidation sites excluding steroid dienone is 2. The summed E-state index contributed by atoms with van der Waals surface area (Å²) >= 11 is 0. The van der Waals surface area contributed by atoms with Crippen molar-refractivity contribution in [1.29, 1.82) is 0 Å². The van der Waals surface area contributed by atoms with Gasteiger partial charge in [0.05, 0.1) is 41.4 Å². The third-order valence-electron chi connectivity index (χ3n) is 8.09. The van der Waals surface area contributed by atoms with E-state index in [0.29, 0.717) is 52.5 Å². The molecule has 13 heteroatoms. The molecule has 0 unspecified atom stereocenters. The Morgan fingerprint density at radius 1 is 1.05 bits per heavy atom. The van der Waals surface area contributed by atoms with Gasteiger partial charge in [0, 0.05) is 5.92 Å². The van der Waals surface area contributed by atoms with E-state index in [-0.39, 0.29) is 25.5 Å². The number of amides is 2. The number of fused-ring (bicyclic) bond motifs is 1. The molecule has 1 aliphatic carbocycles. The highest BCUT2D eigenvalue weighted by molar-refractivity contribution is 6.22. The minimum absolute atomic E-state index is 0.0630. The molecule has 1 saturated heterocycles. The molecule has 43 heavy (non-hydrogen) atoms. The van der Waals surface area contributed by atoms with Crippen molar-refractivity contribution in [2.45, 2.75) is 64.6 Å². The molecule has 1 aromatic heterocycles. The number of aliphatic hydroxyl groups excluding tert-OH is 3. The largest absolute Gasteiger partial charge is 0.459 e. The van der Waals surface area contributed by atoms with Crippen molar-refractivity contribution in [2.75, 3.05) is 11.5 Å². The van der Waals surface area contributed by atoms with Crippen molar-refractivity contribution in [3.63, 3.8) is 0 Å². The Labute approximate surface area is 243 Å². The van der Waals surface area contributed by atoms with Crippen LogP contribution in [0.4, 0.5) is 32.0 Å². The van der Waals surface area contributed by atoms with Crippen LogP contribution in [0.5, 0.6) is 0 Å². The fraction of sp³-hybridized carbons (Fsp3) is 0.467. The Balaban J connectivity index is 1.61. The zero-order chi connectivity index (χ0) is 31.9. The molecule has 1 aliphatic heterocycles. The second-order valence-corrected chi connectivity index (χ2v) is 10.8. The minimum Gasteiger partial charge on any atom is -0.459 e. The van der Waals surface area contributed by atoms with Crippen molar-refractivity contribution in [2.24, 2.45) is 17.8 Å². The van der Waals surface area contributed by atoms with E-state index in [9.17, 15) is 51.3 Å². The number of aliphatic hydroxyl groups is 3. The summed E-state index contributed by atoms with van der Waals surface area (Å²) in [5.41, 5.74) is -2.46. The van der Waals surface area contributed by atoms with Gasteiger partial charge in [-0.25, -0.2) is 4.90 Å². The molecule has 4 atom stereocenters. The lowest BCUT2D eigenvalue weighted by Crippen LogP contribution is -2.38. The number of halogens is 6. The number of furan rings is 1.